The Bertz CT molecular complexity index is 1030. The average molecular weight is 400 g/mol. The van der Waals surface area contributed by atoms with Crippen LogP contribution in [0.4, 0.5) is 0 Å². The zero-order chi connectivity index (χ0) is 28.3. The Morgan fingerprint density at radius 1 is 1.32 bits per heavy atom. The normalized spacial score (nSPS) is 40.4. The summed E-state index contributed by atoms with van der Waals surface area (Å²) in [5.74, 6) is -5.79. The SMILES string of the molecule is [2H]C1([2H])C([2H])([2H])C([2H])([2H])C([2H])(C(O)(C(=O)OC2CC[N+](C)(CC(=O)OCC)C2)c2ccccc2)C1([2H])[2H]. The fourth-order valence-corrected chi connectivity index (χ4v) is 3.57. The van der Waals surface area contributed by atoms with Crippen LogP contribution in [0.5, 0.6) is 0 Å². The molecule has 1 aromatic carbocycles. The molecule has 6 nitrogen and oxygen atoms in total. The van der Waals surface area contributed by atoms with Crippen LogP contribution in [0, 0.1) is 5.89 Å². The molecule has 0 amide bonds. The summed E-state index contributed by atoms with van der Waals surface area (Å²) < 4.78 is 85.7. The first kappa shape index (κ1) is 11.9. The maximum atomic E-state index is 13.7. The van der Waals surface area contributed by atoms with E-state index in [-0.39, 0.29) is 30.6 Å². The maximum absolute atomic E-state index is 13.7. The van der Waals surface area contributed by atoms with Gasteiger partial charge in [0.25, 0.3) is 0 Å². The summed E-state index contributed by atoms with van der Waals surface area (Å²) in [6.07, 6.45) is -15.3. The highest BCUT2D eigenvalue weighted by Gasteiger charge is 2.50. The molecule has 0 radical (unpaired) electrons. The Labute approximate surface area is 179 Å². The van der Waals surface area contributed by atoms with Crippen LogP contribution in [0.2, 0.25) is 0 Å². The summed E-state index contributed by atoms with van der Waals surface area (Å²) in [4.78, 5) is 25.7. The monoisotopic (exact) mass is 399 g/mol. The van der Waals surface area contributed by atoms with Gasteiger partial charge < -0.3 is 19.1 Å². The van der Waals surface area contributed by atoms with Crippen molar-refractivity contribution in [1.82, 2.24) is 0 Å². The number of quaternary nitrogens is 1. The Balaban J connectivity index is 2.07. The fraction of sp³-hybridized carbons (Fsp3) is 0.636. The Kier molecular flexibility index (Phi) is 3.67. The minimum Gasteiger partial charge on any atom is -0.462 e. The molecule has 0 aromatic heterocycles. The molecule has 1 aliphatic heterocycles. The van der Waals surface area contributed by atoms with Gasteiger partial charge in [-0.15, -0.1) is 0 Å². The quantitative estimate of drug-likeness (QED) is 0.563. The van der Waals surface area contributed by atoms with E-state index in [1.807, 2.05) is 0 Å². The van der Waals surface area contributed by atoms with Gasteiger partial charge in [0.05, 0.1) is 20.2 Å². The Morgan fingerprint density at radius 3 is 2.64 bits per heavy atom. The minimum absolute atomic E-state index is 0.0151. The molecule has 1 saturated heterocycles. The number of hydrogen-bond donors (Lipinski definition) is 1. The fourth-order valence-electron chi connectivity index (χ4n) is 3.57. The molecule has 154 valence electrons. The van der Waals surface area contributed by atoms with Crippen LogP contribution < -0.4 is 0 Å². The van der Waals surface area contributed by atoms with Gasteiger partial charge in [-0.25, -0.2) is 9.59 Å². The van der Waals surface area contributed by atoms with Crippen LogP contribution in [0.1, 0.15) is 56.7 Å². The molecule has 0 bridgehead atoms. The second-order valence-corrected chi connectivity index (χ2v) is 7.26. The first-order chi connectivity index (χ1) is 16.8. The number of likely N-dealkylation sites (tertiary alicyclic amines) is 1. The van der Waals surface area contributed by atoms with E-state index in [0.717, 1.165) is 12.1 Å². The van der Waals surface area contributed by atoms with Gasteiger partial charge in [0.15, 0.2) is 18.2 Å². The first-order valence-electron chi connectivity index (χ1n) is 13.7. The van der Waals surface area contributed by atoms with Crippen molar-refractivity contribution in [3.63, 3.8) is 0 Å². The summed E-state index contributed by atoms with van der Waals surface area (Å²) in [6, 6.07) is 6.48. The molecule has 1 heterocycles. The molecule has 28 heavy (non-hydrogen) atoms. The molecule has 3 rings (SSSR count). The van der Waals surface area contributed by atoms with E-state index in [1.54, 1.807) is 14.0 Å². The van der Waals surface area contributed by atoms with E-state index in [1.165, 1.54) is 18.2 Å². The van der Waals surface area contributed by atoms with Crippen LogP contribution in [0.25, 0.3) is 0 Å². The smallest absolute Gasteiger partial charge is 0.361 e. The predicted octanol–water partition coefficient (Wildman–Crippen LogP) is 2.39. The third-order valence-electron chi connectivity index (χ3n) is 5.01. The molecule has 0 spiro atoms. The number of hydrogen-bond acceptors (Lipinski definition) is 5. The third-order valence-corrected chi connectivity index (χ3v) is 5.01. The second-order valence-electron chi connectivity index (χ2n) is 7.26. The summed E-state index contributed by atoms with van der Waals surface area (Å²) in [5, 5.41) is 11.9. The molecule has 1 saturated carbocycles. The molecule has 1 aliphatic carbocycles. The zero-order valence-electron chi connectivity index (χ0n) is 25.0. The summed E-state index contributed by atoms with van der Waals surface area (Å²) in [5.41, 5.74) is -3.90. The highest BCUT2D eigenvalue weighted by Crippen LogP contribution is 2.42. The summed E-state index contributed by atoms with van der Waals surface area (Å²) >= 11 is 0. The van der Waals surface area contributed by atoms with Crippen molar-refractivity contribution in [3.8, 4) is 0 Å². The number of carbonyl (C=O) groups is 2. The Hall–Kier alpha value is -1.92. The molecular formula is C22H32NO5+. The van der Waals surface area contributed by atoms with Gasteiger partial charge in [-0.3, -0.25) is 0 Å². The lowest BCUT2D eigenvalue weighted by molar-refractivity contribution is -0.891. The minimum atomic E-state index is -3.72. The van der Waals surface area contributed by atoms with Gasteiger partial charge in [-0.05, 0) is 25.2 Å². The summed E-state index contributed by atoms with van der Waals surface area (Å²) in [7, 11) is 1.73. The maximum Gasteiger partial charge on any atom is 0.361 e. The highest BCUT2D eigenvalue weighted by atomic mass is 16.6. The first-order valence-corrected chi connectivity index (χ1v) is 9.25. The van der Waals surface area contributed by atoms with Gasteiger partial charge in [0.1, 0.15) is 6.54 Å². The number of likely N-dealkylation sites (N-methyl/N-ethyl adjacent to an activating group) is 1. The number of rotatable bonds is 7. The standard InChI is InChI=1S/C22H32NO5/c1-3-27-20(24)16-23(2)14-13-19(15-23)28-21(25)22(26,18-11-7-8-12-18)17-9-5-4-6-10-17/h4-6,9-10,18-19,26H,3,7-8,11-16H2,1-2H3/q+1/i7D2,8D2,11D2,12D2,18D. The van der Waals surface area contributed by atoms with E-state index >= 15 is 0 Å². The molecule has 2 aliphatic rings. The largest absolute Gasteiger partial charge is 0.462 e. The summed E-state index contributed by atoms with van der Waals surface area (Å²) in [6.45, 7) is 2.34. The number of esters is 2. The van der Waals surface area contributed by atoms with E-state index in [0.29, 0.717) is 6.54 Å². The molecule has 3 unspecified atom stereocenters. The molecular weight excluding hydrogens is 358 g/mol. The van der Waals surface area contributed by atoms with E-state index < -0.39 is 60.6 Å². The van der Waals surface area contributed by atoms with Crippen molar-refractivity contribution in [2.45, 2.75) is 50.5 Å². The molecule has 2 fully saturated rings. The van der Waals surface area contributed by atoms with Gasteiger partial charge in [-0.1, -0.05) is 43.1 Å². The van der Waals surface area contributed by atoms with Crippen LogP contribution in [-0.2, 0) is 24.7 Å². The zero-order valence-corrected chi connectivity index (χ0v) is 16.0. The van der Waals surface area contributed by atoms with Crippen molar-refractivity contribution >= 4 is 11.9 Å². The van der Waals surface area contributed by atoms with Crippen molar-refractivity contribution in [2.75, 3.05) is 33.3 Å². The molecule has 1 N–H and O–H groups in total. The van der Waals surface area contributed by atoms with E-state index in [4.69, 9.17) is 21.8 Å². The topological polar surface area (TPSA) is 72.8 Å². The number of nitrogens with zero attached hydrogens (tertiary/aromatic N) is 1. The van der Waals surface area contributed by atoms with Crippen LogP contribution in [0.3, 0.4) is 0 Å². The van der Waals surface area contributed by atoms with Crippen molar-refractivity contribution < 1.29 is 41.0 Å². The van der Waals surface area contributed by atoms with E-state index in [9.17, 15) is 14.7 Å². The predicted molar refractivity (Wildman–Crippen MR) is 104 cm³/mol. The lowest BCUT2D eigenvalue weighted by Gasteiger charge is -2.33. The lowest BCUT2D eigenvalue weighted by Crippen LogP contribution is -2.48. The van der Waals surface area contributed by atoms with Crippen LogP contribution >= 0.6 is 0 Å². The van der Waals surface area contributed by atoms with Crippen molar-refractivity contribution in [2.24, 2.45) is 5.89 Å². The Morgan fingerprint density at radius 2 is 2.00 bits per heavy atom. The van der Waals surface area contributed by atoms with Crippen molar-refractivity contribution in [1.29, 1.82) is 0 Å². The lowest BCUT2D eigenvalue weighted by atomic mass is 9.80. The second kappa shape index (κ2) is 8.62. The third kappa shape index (κ3) is 4.39. The van der Waals surface area contributed by atoms with Crippen LogP contribution in [0.15, 0.2) is 30.3 Å². The number of aliphatic hydroxyl groups is 1. The van der Waals surface area contributed by atoms with E-state index in [2.05, 4.69) is 0 Å². The van der Waals surface area contributed by atoms with Crippen molar-refractivity contribution in [3.05, 3.63) is 35.9 Å². The van der Waals surface area contributed by atoms with Gasteiger partial charge >= 0.3 is 11.9 Å². The highest BCUT2D eigenvalue weighted by molar-refractivity contribution is 5.81. The van der Waals surface area contributed by atoms with Crippen LogP contribution in [-0.4, -0.2) is 60.9 Å². The number of ether oxygens (including phenoxy) is 2. The molecule has 3 atom stereocenters. The number of benzene rings is 1. The number of carbonyl (C=O) groups excluding carboxylic acids is 2. The van der Waals surface area contributed by atoms with Gasteiger partial charge in [0, 0.05) is 24.7 Å². The molecule has 6 heteroatoms. The van der Waals surface area contributed by atoms with Gasteiger partial charge in [-0.2, -0.15) is 0 Å². The average Bonchev–Trinajstić information content (AvgIpc) is 3.18. The molecule has 1 aromatic rings. The van der Waals surface area contributed by atoms with Gasteiger partial charge in [0.2, 0.25) is 0 Å².